The van der Waals surface area contributed by atoms with E-state index in [2.05, 4.69) is 10.5 Å². The molecule has 1 aromatic rings. The third kappa shape index (κ3) is 2.36. The van der Waals surface area contributed by atoms with Crippen molar-refractivity contribution in [3.05, 3.63) is 17.5 Å². The van der Waals surface area contributed by atoms with Gasteiger partial charge < -0.3 is 4.52 Å². The highest BCUT2D eigenvalue weighted by Crippen LogP contribution is 2.13. The molecule has 0 radical (unpaired) electrons. The molecule has 17 heavy (non-hydrogen) atoms. The molecule has 2 rings (SSSR count). The van der Waals surface area contributed by atoms with Crippen LogP contribution in [0.3, 0.4) is 0 Å². The highest BCUT2D eigenvalue weighted by Gasteiger charge is 2.37. The second-order valence-electron chi connectivity index (χ2n) is 4.04. The minimum absolute atomic E-state index is 0.119. The summed E-state index contributed by atoms with van der Waals surface area (Å²) in [6.07, 6.45) is 0.226. The molecule has 1 unspecified atom stereocenters. The molecule has 0 aromatic carbocycles. The molecule has 1 aliphatic rings. The van der Waals surface area contributed by atoms with Crippen molar-refractivity contribution in [1.82, 2.24) is 15.4 Å². The van der Waals surface area contributed by atoms with Gasteiger partial charge in [0.25, 0.3) is 0 Å². The van der Waals surface area contributed by atoms with E-state index in [1.807, 2.05) is 0 Å². The van der Waals surface area contributed by atoms with Crippen molar-refractivity contribution in [2.75, 3.05) is 6.54 Å². The highest BCUT2D eigenvalue weighted by atomic mass is 16.5. The van der Waals surface area contributed by atoms with E-state index in [0.29, 0.717) is 13.1 Å². The zero-order valence-corrected chi connectivity index (χ0v) is 9.90. The molecule has 1 fully saturated rings. The second-order valence-corrected chi connectivity index (χ2v) is 4.04. The van der Waals surface area contributed by atoms with Gasteiger partial charge in [0.15, 0.2) is 0 Å². The standard InChI is InChI=1S/C11H15N3O3/c1-3-14-10(15)5-9(11(14)16)12-6-8-4-7(2)17-13-8/h4,9,12H,3,5-6H2,1-2H3. The number of hydrogen-bond acceptors (Lipinski definition) is 5. The molecule has 0 aliphatic carbocycles. The Morgan fingerprint density at radius 3 is 2.88 bits per heavy atom. The summed E-state index contributed by atoms with van der Waals surface area (Å²) in [5.41, 5.74) is 0.734. The van der Waals surface area contributed by atoms with E-state index in [-0.39, 0.29) is 18.2 Å². The number of aryl methyl sites for hydroxylation is 1. The Morgan fingerprint density at radius 1 is 1.59 bits per heavy atom. The first kappa shape index (κ1) is 11.8. The molecule has 6 nitrogen and oxygen atoms in total. The molecular formula is C11H15N3O3. The van der Waals surface area contributed by atoms with Gasteiger partial charge in [-0.2, -0.15) is 0 Å². The summed E-state index contributed by atoms with van der Waals surface area (Å²) in [7, 11) is 0. The number of aromatic nitrogens is 1. The smallest absolute Gasteiger partial charge is 0.246 e. The molecule has 1 aromatic heterocycles. The van der Waals surface area contributed by atoms with Crippen molar-refractivity contribution >= 4 is 11.8 Å². The molecule has 0 saturated carbocycles. The van der Waals surface area contributed by atoms with E-state index >= 15 is 0 Å². The number of likely N-dealkylation sites (tertiary alicyclic amines) is 1. The van der Waals surface area contributed by atoms with Crippen LogP contribution >= 0.6 is 0 Å². The van der Waals surface area contributed by atoms with Gasteiger partial charge >= 0.3 is 0 Å². The lowest BCUT2D eigenvalue weighted by Crippen LogP contribution is -2.38. The summed E-state index contributed by atoms with van der Waals surface area (Å²) >= 11 is 0. The molecule has 92 valence electrons. The first-order chi connectivity index (χ1) is 8.11. The number of nitrogens with zero attached hydrogens (tertiary/aromatic N) is 2. The molecular weight excluding hydrogens is 222 g/mol. The van der Waals surface area contributed by atoms with Crippen LogP contribution in [0, 0.1) is 6.92 Å². The number of carbonyl (C=O) groups is 2. The molecule has 2 amide bonds. The van der Waals surface area contributed by atoms with Crippen molar-refractivity contribution in [2.24, 2.45) is 0 Å². The lowest BCUT2D eigenvalue weighted by molar-refractivity contribution is -0.138. The predicted octanol–water partition coefficient (Wildman–Crippen LogP) is 0.220. The van der Waals surface area contributed by atoms with Gasteiger partial charge in [0.05, 0.1) is 18.2 Å². The predicted molar refractivity (Wildman–Crippen MR) is 58.9 cm³/mol. The van der Waals surface area contributed by atoms with Crippen molar-refractivity contribution in [1.29, 1.82) is 0 Å². The summed E-state index contributed by atoms with van der Waals surface area (Å²) in [5, 5.41) is 6.83. The highest BCUT2D eigenvalue weighted by molar-refractivity contribution is 6.05. The van der Waals surface area contributed by atoms with Crippen LogP contribution in [0.2, 0.25) is 0 Å². The van der Waals surface area contributed by atoms with Gasteiger partial charge in [0.2, 0.25) is 11.8 Å². The maximum Gasteiger partial charge on any atom is 0.246 e. The number of amides is 2. The second kappa shape index (κ2) is 4.67. The Hall–Kier alpha value is -1.69. The van der Waals surface area contributed by atoms with E-state index in [1.54, 1.807) is 19.9 Å². The zero-order chi connectivity index (χ0) is 12.4. The molecule has 0 spiro atoms. The van der Waals surface area contributed by atoms with Gasteiger partial charge in [0.1, 0.15) is 5.76 Å². The van der Waals surface area contributed by atoms with Crippen LogP contribution in [0.5, 0.6) is 0 Å². The Labute approximate surface area is 98.9 Å². The normalized spacial score (nSPS) is 20.4. The molecule has 2 heterocycles. The third-order valence-electron chi connectivity index (χ3n) is 2.77. The molecule has 0 bridgehead atoms. The van der Waals surface area contributed by atoms with Gasteiger partial charge in [-0.15, -0.1) is 0 Å². The van der Waals surface area contributed by atoms with E-state index in [0.717, 1.165) is 11.5 Å². The fourth-order valence-corrected chi connectivity index (χ4v) is 1.90. The van der Waals surface area contributed by atoms with Crippen molar-refractivity contribution < 1.29 is 14.1 Å². The van der Waals surface area contributed by atoms with Crippen molar-refractivity contribution in [3.63, 3.8) is 0 Å². The fourth-order valence-electron chi connectivity index (χ4n) is 1.90. The Kier molecular flexibility index (Phi) is 3.23. The average molecular weight is 237 g/mol. The monoisotopic (exact) mass is 237 g/mol. The van der Waals surface area contributed by atoms with Gasteiger partial charge in [-0.25, -0.2) is 0 Å². The molecule has 1 saturated heterocycles. The SMILES string of the molecule is CCN1C(=O)CC(NCc2cc(C)on2)C1=O. The summed E-state index contributed by atoms with van der Waals surface area (Å²) in [4.78, 5) is 24.5. The number of carbonyl (C=O) groups excluding carboxylic acids is 2. The van der Waals surface area contributed by atoms with E-state index in [9.17, 15) is 9.59 Å². The molecule has 6 heteroatoms. The lowest BCUT2D eigenvalue weighted by atomic mass is 10.2. The minimum Gasteiger partial charge on any atom is -0.361 e. The third-order valence-corrected chi connectivity index (χ3v) is 2.77. The maximum atomic E-state index is 11.8. The van der Waals surface area contributed by atoms with Crippen LogP contribution in [0.1, 0.15) is 24.8 Å². The molecule has 1 N–H and O–H groups in total. The number of likely N-dealkylation sites (N-methyl/N-ethyl adjacent to an activating group) is 1. The van der Waals surface area contributed by atoms with Crippen molar-refractivity contribution in [3.8, 4) is 0 Å². The first-order valence-electron chi connectivity index (χ1n) is 5.61. The minimum atomic E-state index is -0.431. The molecule has 1 aliphatic heterocycles. The van der Waals surface area contributed by atoms with E-state index < -0.39 is 6.04 Å². The van der Waals surface area contributed by atoms with Crippen LogP contribution in [0.25, 0.3) is 0 Å². The van der Waals surface area contributed by atoms with Gasteiger partial charge in [-0.1, -0.05) is 5.16 Å². The number of rotatable bonds is 4. The summed E-state index contributed by atoms with van der Waals surface area (Å²) < 4.78 is 4.92. The topological polar surface area (TPSA) is 75.4 Å². The number of imide groups is 1. The number of nitrogens with one attached hydrogen (secondary N) is 1. The van der Waals surface area contributed by atoms with Crippen LogP contribution in [0.15, 0.2) is 10.6 Å². The number of hydrogen-bond donors (Lipinski definition) is 1. The largest absolute Gasteiger partial charge is 0.361 e. The Bertz CT molecular complexity index is 441. The summed E-state index contributed by atoms with van der Waals surface area (Å²) in [5.74, 6) is 0.454. The van der Waals surface area contributed by atoms with Gasteiger partial charge in [-0.05, 0) is 13.8 Å². The average Bonchev–Trinajstić information content (AvgIpc) is 2.81. The zero-order valence-electron chi connectivity index (χ0n) is 9.90. The Balaban J connectivity index is 1.92. The lowest BCUT2D eigenvalue weighted by Gasteiger charge is -2.12. The van der Waals surface area contributed by atoms with E-state index in [1.165, 1.54) is 4.90 Å². The molecule has 1 atom stereocenters. The first-order valence-corrected chi connectivity index (χ1v) is 5.61. The van der Waals surface area contributed by atoms with Crippen LogP contribution in [0.4, 0.5) is 0 Å². The maximum absolute atomic E-state index is 11.8. The van der Waals surface area contributed by atoms with Crippen LogP contribution < -0.4 is 5.32 Å². The van der Waals surface area contributed by atoms with Crippen LogP contribution in [-0.2, 0) is 16.1 Å². The van der Waals surface area contributed by atoms with Gasteiger partial charge in [0, 0.05) is 19.2 Å². The van der Waals surface area contributed by atoms with Crippen molar-refractivity contribution in [2.45, 2.75) is 32.9 Å². The summed E-state index contributed by atoms with van der Waals surface area (Å²) in [6.45, 7) is 4.45. The van der Waals surface area contributed by atoms with Gasteiger partial charge in [-0.3, -0.25) is 19.8 Å². The van der Waals surface area contributed by atoms with Crippen LogP contribution in [-0.4, -0.2) is 34.5 Å². The van der Waals surface area contributed by atoms with E-state index in [4.69, 9.17) is 4.52 Å². The Morgan fingerprint density at radius 2 is 2.35 bits per heavy atom. The quantitative estimate of drug-likeness (QED) is 0.758. The summed E-state index contributed by atoms with van der Waals surface area (Å²) in [6, 6.07) is 1.37. The fraction of sp³-hybridized carbons (Fsp3) is 0.545.